The summed E-state index contributed by atoms with van der Waals surface area (Å²) in [6.07, 6.45) is 0. The zero-order chi connectivity index (χ0) is 20.3. The number of nitrogens with zero attached hydrogens (tertiary/aromatic N) is 2. The number of aryl methyl sites for hydroxylation is 3. The maximum atomic E-state index is 12.5. The number of anilines is 1. The summed E-state index contributed by atoms with van der Waals surface area (Å²) in [5.74, 6) is -1.50. The van der Waals surface area contributed by atoms with Crippen LogP contribution < -0.4 is 5.32 Å². The van der Waals surface area contributed by atoms with Crippen LogP contribution in [0.3, 0.4) is 0 Å². The van der Waals surface area contributed by atoms with E-state index in [4.69, 9.17) is 0 Å². The third-order valence-electron chi connectivity index (χ3n) is 5.01. The van der Waals surface area contributed by atoms with Crippen LogP contribution >= 0.6 is 0 Å². The Labute approximate surface area is 165 Å². The number of hydrogen-bond acceptors (Lipinski definition) is 3. The zero-order valence-corrected chi connectivity index (χ0v) is 16.5. The number of carbonyl (C=O) groups is 3. The Kier molecular flexibility index (Phi) is 5.78. The molecule has 1 fully saturated rings. The van der Waals surface area contributed by atoms with E-state index in [1.165, 1.54) is 4.90 Å². The van der Waals surface area contributed by atoms with Crippen molar-refractivity contribution in [2.75, 3.05) is 25.0 Å². The molecule has 0 aromatic heterocycles. The summed E-state index contributed by atoms with van der Waals surface area (Å²) in [5.41, 5.74) is 4.88. The second kappa shape index (κ2) is 8.25. The van der Waals surface area contributed by atoms with Crippen LogP contribution in [-0.4, -0.2) is 47.2 Å². The number of hydrogen-bond donors (Lipinski definition) is 1. The number of nitrogens with one attached hydrogen (secondary N) is 1. The Morgan fingerprint density at radius 2 is 1.61 bits per heavy atom. The first-order valence-corrected chi connectivity index (χ1v) is 9.35. The topological polar surface area (TPSA) is 69.7 Å². The molecule has 1 aliphatic heterocycles. The molecule has 1 aliphatic rings. The van der Waals surface area contributed by atoms with E-state index in [0.29, 0.717) is 25.3 Å². The van der Waals surface area contributed by atoms with Gasteiger partial charge >= 0.3 is 11.8 Å². The van der Waals surface area contributed by atoms with Crippen LogP contribution in [0.2, 0.25) is 0 Å². The fraction of sp³-hybridized carbons (Fsp3) is 0.318. The molecule has 0 spiro atoms. The summed E-state index contributed by atoms with van der Waals surface area (Å²) in [6, 6.07) is 13.5. The standard InChI is InChI=1S/C22H25N3O3/c1-15-8-9-19(17(3)12-15)23-20(26)14-25-11-10-24(21(27)22(25)28)13-18-7-5-4-6-16(18)2/h4-9,12H,10-11,13-14H2,1-3H3,(H,23,26). The van der Waals surface area contributed by atoms with Gasteiger partial charge < -0.3 is 15.1 Å². The van der Waals surface area contributed by atoms with E-state index in [9.17, 15) is 14.4 Å². The molecule has 0 radical (unpaired) electrons. The number of amides is 3. The molecule has 2 aromatic rings. The van der Waals surface area contributed by atoms with Crippen molar-refractivity contribution < 1.29 is 14.4 Å². The van der Waals surface area contributed by atoms with Crippen molar-refractivity contribution >= 4 is 23.4 Å². The van der Waals surface area contributed by atoms with Crippen LogP contribution in [0.1, 0.15) is 22.3 Å². The molecule has 0 unspecified atom stereocenters. The van der Waals surface area contributed by atoms with Gasteiger partial charge in [0.2, 0.25) is 5.91 Å². The molecular weight excluding hydrogens is 354 g/mol. The summed E-state index contributed by atoms with van der Waals surface area (Å²) >= 11 is 0. The summed E-state index contributed by atoms with van der Waals surface area (Å²) in [7, 11) is 0. The maximum absolute atomic E-state index is 12.5. The van der Waals surface area contributed by atoms with Gasteiger partial charge in [-0.05, 0) is 43.5 Å². The number of rotatable bonds is 5. The molecule has 146 valence electrons. The number of benzene rings is 2. The van der Waals surface area contributed by atoms with Crippen molar-refractivity contribution in [1.29, 1.82) is 0 Å². The van der Waals surface area contributed by atoms with E-state index in [1.54, 1.807) is 4.90 Å². The van der Waals surface area contributed by atoms with Gasteiger partial charge in [-0.3, -0.25) is 14.4 Å². The highest BCUT2D eigenvalue weighted by Crippen LogP contribution is 2.17. The third-order valence-corrected chi connectivity index (χ3v) is 5.01. The van der Waals surface area contributed by atoms with Crippen LogP contribution in [-0.2, 0) is 20.9 Å². The molecule has 6 nitrogen and oxygen atoms in total. The minimum atomic E-state index is -0.629. The second-order valence-corrected chi connectivity index (χ2v) is 7.25. The normalized spacial score (nSPS) is 14.4. The molecule has 0 aliphatic carbocycles. The molecule has 2 aromatic carbocycles. The lowest BCUT2D eigenvalue weighted by atomic mass is 10.1. The van der Waals surface area contributed by atoms with Gasteiger partial charge in [-0.2, -0.15) is 0 Å². The SMILES string of the molecule is Cc1ccc(NC(=O)CN2CCN(Cc3ccccc3C)C(=O)C2=O)c(C)c1. The van der Waals surface area contributed by atoms with Crippen molar-refractivity contribution in [3.8, 4) is 0 Å². The van der Waals surface area contributed by atoms with Crippen LogP contribution in [0.4, 0.5) is 5.69 Å². The fourth-order valence-corrected chi connectivity index (χ4v) is 3.33. The van der Waals surface area contributed by atoms with Gasteiger partial charge in [-0.1, -0.05) is 42.0 Å². The lowest BCUT2D eigenvalue weighted by Gasteiger charge is -2.33. The number of carbonyl (C=O) groups excluding carboxylic acids is 3. The van der Waals surface area contributed by atoms with E-state index in [1.807, 2.05) is 63.2 Å². The minimum absolute atomic E-state index is 0.129. The zero-order valence-electron chi connectivity index (χ0n) is 16.5. The van der Waals surface area contributed by atoms with E-state index >= 15 is 0 Å². The van der Waals surface area contributed by atoms with E-state index in [-0.39, 0.29) is 12.5 Å². The van der Waals surface area contributed by atoms with Crippen molar-refractivity contribution in [2.24, 2.45) is 0 Å². The molecule has 1 saturated heterocycles. The van der Waals surface area contributed by atoms with Gasteiger partial charge in [0.15, 0.2) is 0 Å². The average molecular weight is 379 g/mol. The smallest absolute Gasteiger partial charge is 0.312 e. The van der Waals surface area contributed by atoms with Gasteiger partial charge in [0.25, 0.3) is 0 Å². The van der Waals surface area contributed by atoms with Gasteiger partial charge in [-0.15, -0.1) is 0 Å². The lowest BCUT2D eigenvalue weighted by Crippen LogP contribution is -2.55. The van der Waals surface area contributed by atoms with Gasteiger partial charge in [0, 0.05) is 25.3 Å². The molecule has 0 bridgehead atoms. The average Bonchev–Trinajstić information content (AvgIpc) is 2.65. The Morgan fingerprint density at radius 1 is 0.929 bits per heavy atom. The Bertz CT molecular complexity index is 923. The van der Waals surface area contributed by atoms with Gasteiger partial charge in [0.05, 0.1) is 0 Å². The van der Waals surface area contributed by atoms with Crippen molar-refractivity contribution in [2.45, 2.75) is 27.3 Å². The maximum Gasteiger partial charge on any atom is 0.312 e. The predicted molar refractivity (Wildman–Crippen MR) is 108 cm³/mol. The molecule has 0 saturated carbocycles. The first-order valence-electron chi connectivity index (χ1n) is 9.35. The van der Waals surface area contributed by atoms with Crippen LogP contribution in [0, 0.1) is 20.8 Å². The van der Waals surface area contributed by atoms with Crippen molar-refractivity contribution in [1.82, 2.24) is 9.80 Å². The van der Waals surface area contributed by atoms with E-state index < -0.39 is 11.8 Å². The summed E-state index contributed by atoms with van der Waals surface area (Å²) in [6.45, 7) is 6.92. The highest BCUT2D eigenvalue weighted by Gasteiger charge is 2.33. The molecule has 3 amide bonds. The number of piperazine rings is 1. The molecular formula is C22H25N3O3. The van der Waals surface area contributed by atoms with E-state index in [0.717, 1.165) is 22.3 Å². The van der Waals surface area contributed by atoms with Gasteiger partial charge in [0.1, 0.15) is 6.54 Å². The molecule has 1 N–H and O–H groups in total. The quantitative estimate of drug-likeness (QED) is 0.811. The Morgan fingerprint density at radius 3 is 2.32 bits per heavy atom. The van der Waals surface area contributed by atoms with Crippen LogP contribution in [0.15, 0.2) is 42.5 Å². The highest BCUT2D eigenvalue weighted by molar-refractivity contribution is 6.35. The first-order chi connectivity index (χ1) is 13.3. The lowest BCUT2D eigenvalue weighted by molar-refractivity contribution is -0.157. The molecule has 1 heterocycles. The van der Waals surface area contributed by atoms with E-state index in [2.05, 4.69) is 5.32 Å². The first kappa shape index (κ1) is 19.6. The Hall–Kier alpha value is -3.15. The Balaban J connectivity index is 1.60. The third kappa shape index (κ3) is 4.39. The highest BCUT2D eigenvalue weighted by atomic mass is 16.2. The molecule has 28 heavy (non-hydrogen) atoms. The fourth-order valence-electron chi connectivity index (χ4n) is 3.33. The van der Waals surface area contributed by atoms with Crippen molar-refractivity contribution in [3.05, 3.63) is 64.7 Å². The van der Waals surface area contributed by atoms with Crippen LogP contribution in [0.25, 0.3) is 0 Å². The summed E-state index contributed by atoms with van der Waals surface area (Å²) in [5, 5.41) is 2.82. The van der Waals surface area contributed by atoms with Gasteiger partial charge in [-0.25, -0.2) is 0 Å². The largest absolute Gasteiger partial charge is 0.328 e. The van der Waals surface area contributed by atoms with Crippen LogP contribution in [0.5, 0.6) is 0 Å². The molecule has 3 rings (SSSR count). The summed E-state index contributed by atoms with van der Waals surface area (Å²) in [4.78, 5) is 40.2. The van der Waals surface area contributed by atoms with Crippen molar-refractivity contribution in [3.63, 3.8) is 0 Å². The second-order valence-electron chi connectivity index (χ2n) is 7.25. The monoisotopic (exact) mass is 379 g/mol. The summed E-state index contributed by atoms with van der Waals surface area (Å²) < 4.78 is 0. The molecule has 6 heteroatoms. The minimum Gasteiger partial charge on any atom is -0.328 e. The molecule has 0 atom stereocenters. The predicted octanol–water partition coefficient (Wildman–Crippen LogP) is 2.42.